The molecule has 0 aliphatic rings. The number of para-hydroxylation sites is 1. The van der Waals surface area contributed by atoms with Crippen LogP contribution in [-0.2, 0) is 11.3 Å². The van der Waals surface area contributed by atoms with E-state index in [1.807, 2.05) is 6.92 Å². The van der Waals surface area contributed by atoms with Gasteiger partial charge in [-0.1, -0.05) is 18.2 Å². The fourth-order valence-electron chi connectivity index (χ4n) is 2.79. The Morgan fingerprint density at radius 2 is 1.96 bits per heavy atom. The van der Waals surface area contributed by atoms with Crippen LogP contribution in [0, 0.1) is 0 Å². The second-order valence-corrected chi connectivity index (χ2v) is 6.01. The van der Waals surface area contributed by atoms with Crippen LogP contribution in [0.4, 0.5) is 0 Å². The summed E-state index contributed by atoms with van der Waals surface area (Å²) >= 11 is 0. The molecule has 0 aliphatic carbocycles. The third kappa shape index (κ3) is 6.78. The molecule has 25 heavy (non-hydrogen) atoms. The monoisotopic (exact) mass is 344 g/mol. The van der Waals surface area contributed by atoms with E-state index >= 15 is 0 Å². The molecule has 0 aliphatic heterocycles. The maximum atomic E-state index is 5.36. The average molecular weight is 345 g/mol. The van der Waals surface area contributed by atoms with Crippen LogP contribution in [0.15, 0.2) is 41.5 Å². The van der Waals surface area contributed by atoms with E-state index in [1.54, 1.807) is 0 Å². The van der Waals surface area contributed by atoms with Crippen LogP contribution in [0.25, 0.3) is 10.9 Å². The van der Waals surface area contributed by atoms with Gasteiger partial charge in [0.05, 0.1) is 0 Å². The number of benzene rings is 1. The summed E-state index contributed by atoms with van der Waals surface area (Å²) in [5.41, 5.74) is 1.30. The molecule has 0 unspecified atom stereocenters. The highest BCUT2D eigenvalue weighted by molar-refractivity contribution is 5.80. The molecule has 2 aromatic rings. The minimum absolute atomic E-state index is 0.800. The molecule has 1 heterocycles. The lowest BCUT2D eigenvalue weighted by Gasteiger charge is -2.11. The van der Waals surface area contributed by atoms with Crippen molar-refractivity contribution in [3.63, 3.8) is 0 Å². The first kappa shape index (κ1) is 19.3. The second kappa shape index (κ2) is 11.5. The minimum Gasteiger partial charge on any atom is -0.382 e. The van der Waals surface area contributed by atoms with Gasteiger partial charge in [0.1, 0.15) is 0 Å². The predicted octanol–water partition coefficient (Wildman–Crippen LogP) is 3.40. The average Bonchev–Trinajstić information content (AvgIpc) is 3.04. The van der Waals surface area contributed by atoms with Gasteiger partial charge in [-0.25, -0.2) is 0 Å². The number of aliphatic imine (C=N–C) groups is 1. The summed E-state index contributed by atoms with van der Waals surface area (Å²) in [6.07, 6.45) is 5.37. The molecule has 0 amide bonds. The number of ether oxygens (including phenoxy) is 1. The lowest BCUT2D eigenvalue weighted by molar-refractivity contribution is 0.143. The summed E-state index contributed by atoms with van der Waals surface area (Å²) in [6, 6.07) is 10.7. The first-order valence-electron chi connectivity index (χ1n) is 9.49. The molecular weight excluding hydrogens is 312 g/mol. The number of rotatable bonds is 11. The van der Waals surface area contributed by atoms with Crippen molar-refractivity contribution in [2.45, 2.75) is 39.7 Å². The van der Waals surface area contributed by atoms with Crippen LogP contribution in [0.2, 0.25) is 0 Å². The van der Waals surface area contributed by atoms with Gasteiger partial charge in [0.2, 0.25) is 0 Å². The number of nitrogens with zero attached hydrogens (tertiary/aromatic N) is 2. The summed E-state index contributed by atoms with van der Waals surface area (Å²) in [6.45, 7) is 9.40. The van der Waals surface area contributed by atoms with Gasteiger partial charge in [-0.05, 0) is 50.6 Å². The van der Waals surface area contributed by atoms with Crippen molar-refractivity contribution in [2.75, 3.05) is 32.8 Å². The largest absolute Gasteiger partial charge is 0.382 e. The number of guanidine groups is 1. The second-order valence-electron chi connectivity index (χ2n) is 6.01. The normalized spacial score (nSPS) is 11.8. The van der Waals surface area contributed by atoms with Gasteiger partial charge in [0.15, 0.2) is 5.96 Å². The molecule has 0 fully saturated rings. The Balaban J connectivity index is 1.71. The van der Waals surface area contributed by atoms with Gasteiger partial charge in [-0.2, -0.15) is 0 Å². The highest BCUT2D eigenvalue weighted by atomic mass is 16.5. The van der Waals surface area contributed by atoms with Crippen LogP contribution in [0.1, 0.15) is 33.1 Å². The lowest BCUT2D eigenvalue weighted by atomic mass is 10.2. The first-order valence-corrected chi connectivity index (χ1v) is 9.49. The standard InChI is InChI=1S/C20H32N4O/c1-3-21-20(22-13-7-8-17-25-4-2)23-14-9-15-24-16-12-18-10-5-6-11-19(18)24/h5-6,10-12,16H,3-4,7-9,13-15,17H2,1-2H3,(H2,21,22,23). The molecule has 5 nitrogen and oxygen atoms in total. The van der Waals surface area contributed by atoms with Crippen molar-refractivity contribution in [1.29, 1.82) is 0 Å². The molecule has 1 aromatic carbocycles. The highest BCUT2D eigenvalue weighted by Crippen LogP contribution is 2.15. The SMILES string of the molecule is CCNC(=NCCCn1ccc2ccccc21)NCCCCOCC. The van der Waals surface area contributed by atoms with Crippen molar-refractivity contribution in [3.8, 4) is 0 Å². The molecule has 2 rings (SSSR count). The Bertz CT molecular complexity index is 635. The maximum Gasteiger partial charge on any atom is 0.191 e. The van der Waals surface area contributed by atoms with Crippen LogP contribution < -0.4 is 10.6 Å². The molecule has 0 saturated heterocycles. The number of fused-ring (bicyclic) bond motifs is 1. The molecular formula is C20H32N4O. The molecule has 2 N–H and O–H groups in total. The zero-order valence-corrected chi connectivity index (χ0v) is 15.6. The third-order valence-electron chi connectivity index (χ3n) is 4.06. The molecule has 138 valence electrons. The topological polar surface area (TPSA) is 50.6 Å². The van der Waals surface area contributed by atoms with E-state index in [1.165, 1.54) is 10.9 Å². The van der Waals surface area contributed by atoms with Crippen molar-refractivity contribution in [2.24, 2.45) is 4.99 Å². The van der Waals surface area contributed by atoms with Crippen molar-refractivity contribution >= 4 is 16.9 Å². The van der Waals surface area contributed by atoms with Crippen molar-refractivity contribution < 1.29 is 4.74 Å². The van der Waals surface area contributed by atoms with Crippen LogP contribution in [0.5, 0.6) is 0 Å². The molecule has 1 aromatic heterocycles. The fraction of sp³-hybridized carbons (Fsp3) is 0.550. The summed E-state index contributed by atoms with van der Waals surface area (Å²) in [5, 5.41) is 8.01. The molecule has 5 heteroatoms. The third-order valence-corrected chi connectivity index (χ3v) is 4.06. The van der Waals surface area contributed by atoms with Crippen molar-refractivity contribution in [1.82, 2.24) is 15.2 Å². The Kier molecular flexibility index (Phi) is 8.91. The number of unbranched alkanes of at least 4 members (excludes halogenated alkanes) is 1. The van der Waals surface area contributed by atoms with Gasteiger partial charge >= 0.3 is 0 Å². The van der Waals surface area contributed by atoms with E-state index in [4.69, 9.17) is 4.74 Å². The zero-order chi connectivity index (χ0) is 17.7. The molecule has 0 radical (unpaired) electrons. The zero-order valence-electron chi connectivity index (χ0n) is 15.6. The van der Waals surface area contributed by atoms with E-state index in [-0.39, 0.29) is 0 Å². The fourth-order valence-corrected chi connectivity index (χ4v) is 2.79. The Labute approximate surface area is 151 Å². The predicted molar refractivity (Wildman–Crippen MR) is 106 cm³/mol. The number of hydrogen-bond acceptors (Lipinski definition) is 2. The summed E-state index contributed by atoms with van der Waals surface area (Å²) in [4.78, 5) is 4.68. The van der Waals surface area contributed by atoms with Crippen LogP contribution in [-0.4, -0.2) is 43.4 Å². The molecule has 0 bridgehead atoms. The van der Waals surface area contributed by atoms with Crippen molar-refractivity contribution in [3.05, 3.63) is 36.5 Å². The Morgan fingerprint density at radius 3 is 2.80 bits per heavy atom. The highest BCUT2D eigenvalue weighted by Gasteiger charge is 2.00. The van der Waals surface area contributed by atoms with Gasteiger partial charge in [0, 0.05) is 51.1 Å². The number of nitrogens with one attached hydrogen (secondary N) is 2. The van der Waals surface area contributed by atoms with E-state index in [0.717, 1.165) is 64.6 Å². The maximum absolute atomic E-state index is 5.36. The molecule has 0 saturated carbocycles. The molecule has 0 atom stereocenters. The first-order chi connectivity index (χ1) is 12.3. The Hall–Kier alpha value is -2.01. The van der Waals surface area contributed by atoms with E-state index in [0.29, 0.717) is 0 Å². The van der Waals surface area contributed by atoms with Gasteiger partial charge < -0.3 is 19.9 Å². The minimum atomic E-state index is 0.800. The summed E-state index contributed by atoms with van der Waals surface area (Å²) in [5.74, 6) is 0.913. The van der Waals surface area contributed by atoms with Crippen LogP contribution >= 0.6 is 0 Å². The smallest absolute Gasteiger partial charge is 0.191 e. The van der Waals surface area contributed by atoms with Gasteiger partial charge in [0.25, 0.3) is 0 Å². The summed E-state index contributed by atoms with van der Waals surface area (Å²) in [7, 11) is 0. The number of hydrogen-bond donors (Lipinski definition) is 2. The summed E-state index contributed by atoms with van der Waals surface area (Å²) < 4.78 is 7.66. The van der Waals surface area contributed by atoms with E-state index < -0.39 is 0 Å². The Morgan fingerprint density at radius 1 is 1.08 bits per heavy atom. The quantitative estimate of drug-likeness (QED) is 0.373. The van der Waals surface area contributed by atoms with Gasteiger partial charge in [-0.3, -0.25) is 4.99 Å². The van der Waals surface area contributed by atoms with E-state index in [9.17, 15) is 0 Å². The number of aryl methyl sites for hydroxylation is 1. The van der Waals surface area contributed by atoms with Gasteiger partial charge in [-0.15, -0.1) is 0 Å². The lowest BCUT2D eigenvalue weighted by Crippen LogP contribution is -2.38. The van der Waals surface area contributed by atoms with E-state index in [2.05, 4.69) is 63.6 Å². The number of aromatic nitrogens is 1. The molecule has 0 spiro atoms. The van der Waals surface area contributed by atoms with Crippen LogP contribution in [0.3, 0.4) is 0 Å².